The summed E-state index contributed by atoms with van der Waals surface area (Å²) in [4.78, 5) is 2.64. The van der Waals surface area contributed by atoms with Crippen molar-refractivity contribution in [1.82, 2.24) is 0 Å². The highest BCUT2D eigenvalue weighted by Crippen LogP contribution is 2.59. The first-order valence-electron chi connectivity index (χ1n) is 26.3. The van der Waals surface area contributed by atoms with Crippen molar-refractivity contribution in [3.05, 3.63) is 297 Å². The Kier molecular flexibility index (Phi) is 11.5. The molecule has 1 nitrogen and oxygen atoms in total. The third kappa shape index (κ3) is 7.46. The summed E-state index contributed by atoms with van der Waals surface area (Å²) in [6.45, 7) is 13.9. The Balaban J connectivity index is 1.18. The Morgan fingerprint density at radius 2 is 1.16 bits per heavy atom. The average Bonchev–Trinajstić information content (AvgIpc) is 3.88. The Morgan fingerprint density at radius 1 is 0.568 bits per heavy atom. The molecule has 0 aliphatic heterocycles. The first-order valence-corrected chi connectivity index (χ1v) is 26.3. The Labute approximate surface area is 438 Å². The van der Waals surface area contributed by atoms with Crippen molar-refractivity contribution in [1.29, 1.82) is 0 Å². The van der Waals surface area contributed by atoms with Crippen LogP contribution in [-0.4, -0.2) is 0 Å². The van der Waals surface area contributed by atoms with Crippen LogP contribution in [0.2, 0.25) is 0 Å². The molecule has 3 aliphatic rings. The predicted octanol–water partition coefficient (Wildman–Crippen LogP) is 18.7. The maximum absolute atomic E-state index is 6.25. The number of hydrogen-bond acceptors (Lipinski definition) is 1. The van der Waals surface area contributed by atoms with Gasteiger partial charge in [0, 0.05) is 27.9 Å². The summed E-state index contributed by atoms with van der Waals surface area (Å²) in [5, 5.41) is 2.40. The van der Waals surface area contributed by atoms with Crippen molar-refractivity contribution in [3.8, 4) is 23.5 Å². The summed E-state index contributed by atoms with van der Waals surface area (Å²) in [6, 6.07) is 81.5. The van der Waals surface area contributed by atoms with Crippen LogP contribution in [0.15, 0.2) is 242 Å². The van der Waals surface area contributed by atoms with E-state index in [0.717, 1.165) is 29.8 Å². The lowest BCUT2D eigenvalue weighted by molar-refractivity contribution is 0.590. The monoisotopic (exact) mass is 951 g/mol. The first-order chi connectivity index (χ1) is 36.0. The normalized spacial score (nSPS) is 16.6. The van der Waals surface area contributed by atoms with Gasteiger partial charge in [0.15, 0.2) is 0 Å². The van der Waals surface area contributed by atoms with Gasteiger partial charge in [-0.1, -0.05) is 241 Å². The smallest absolute Gasteiger partial charge is 0.0713 e. The fourth-order valence-electron chi connectivity index (χ4n) is 13.0. The van der Waals surface area contributed by atoms with E-state index in [4.69, 9.17) is 6.42 Å². The van der Waals surface area contributed by atoms with Crippen LogP contribution in [0.5, 0.6) is 0 Å². The maximum atomic E-state index is 6.25. The van der Waals surface area contributed by atoms with E-state index in [1.165, 1.54) is 106 Å². The van der Waals surface area contributed by atoms with Crippen molar-refractivity contribution < 1.29 is 0 Å². The van der Waals surface area contributed by atoms with Gasteiger partial charge < -0.3 is 4.90 Å². The Hall–Kier alpha value is -8.44. The molecule has 0 radical (unpaired) electrons. The summed E-state index contributed by atoms with van der Waals surface area (Å²) in [5.74, 6) is 2.97. The molecular formula is C73H61N. The van der Waals surface area contributed by atoms with Crippen LogP contribution in [0.1, 0.15) is 110 Å². The van der Waals surface area contributed by atoms with Gasteiger partial charge in [-0.25, -0.2) is 0 Å². The largest absolute Gasteiger partial charge is 0.313 e. The second-order valence-electron chi connectivity index (χ2n) is 21.9. The van der Waals surface area contributed by atoms with Crippen molar-refractivity contribution in [2.24, 2.45) is 0 Å². The van der Waals surface area contributed by atoms with E-state index >= 15 is 0 Å². The maximum Gasteiger partial charge on any atom is 0.0713 e. The van der Waals surface area contributed by atoms with E-state index in [0.29, 0.717) is 0 Å². The number of rotatable bonds is 8. The SMILES string of the molecule is C#CC=C1/C(=C(\C)c2c(N(C3=C(c4ccccc4)C=C(c4ccc(C(C)(C)C)cc4)CC3)c3ccc4c(c3)-c3ccccc3C4(c3ccccc3)c3ccccc3)ccc3ccccc23)C(C)(C)c2ccccc21. The van der Waals surface area contributed by atoms with Gasteiger partial charge in [0.05, 0.1) is 11.1 Å². The van der Waals surface area contributed by atoms with Crippen molar-refractivity contribution >= 4 is 44.4 Å². The lowest BCUT2D eigenvalue weighted by Gasteiger charge is -2.36. The van der Waals surface area contributed by atoms with Crippen LogP contribution in [0.3, 0.4) is 0 Å². The zero-order valence-corrected chi connectivity index (χ0v) is 43.4. The van der Waals surface area contributed by atoms with E-state index < -0.39 is 5.41 Å². The zero-order valence-electron chi connectivity index (χ0n) is 43.4. The quantitative estimate of drug-likeness (QED) is 0.137. The third-order valence-electron chi connectivity index (χ3n) is 16.3. The summed E-state index contributed by atoms with van der Waals surface area (Å²) >= 11 is 0. The Morgan fingerprint density at radius 3 is 1.84 bits per heavy atom. The molecule has 9 aromatic rings. The van der Waals surface area contributed by atoms with Gasteiger partial charge >= 0.3 is 0 Å². The van der Waals surface area contributed by atoms with Crippen molar-refractivity contribution in [3.63, 3.8) is 0 Å². The Bertz CT molecular complexity index is 3790. The minimum atomic E-state index is -0.519. The van der Waals surface area contributed by atoms with Gasteiger partial charge in [0.1, 0.15) is 0 Å². The van der Waals surface area contributed by atoms with Crippen LogP contribution >= 0.6 is 0 Å². The van der Waals surface area contributed by atoms with Gasteiger partial charge in [0.25, 0.3) is 0 Å². The molecule has 0 saturated heterocycles. The minimum absolute atomic E-state index is 0.0688. The van der Waals surface area contributed by atoms with E-state index in [-0.39, 0.29) is 10.8 Å². The molecule has 0 heterocycles. The zero-order chi connectivity index (χ0) is 50.8. The van der Waals surface area contributed by atoms with Crippen molar-refractivity contribution in [2.45, 2.75) is 70.6 Å². The summed E-state index contributed by atoms with van der Waals surface area (Å²) < 4.78 is 0. The molecule has 0 aromatic heterocycles. The molecule has 0 unspecified atom stereocenters. The van der Waals surface area contributed by atoms with Crippen LogP contribution in [-0.2, 0) is 16.2 Å². The molecule has 0 spiro atoms. The van der Waals surface area contributed by atoms with Gasteiger partial charge in [0.2, 0.25) is 0 Å². The van der Waals surface area contributed by atoms with E-state index in [9.17, 15) is 0 Å². The van der Waals surface area contributed by atoms with Crippen LogP contribution in [0.25, 0.3) is 44.2 Å². The van der Waals surface area contributed by atoms with E-state index in [1.54, 1.807) is 0 Å². The molecule has 0 amide bonds. The molecular weight excluding hydrogens is 891 g/mol. The lowest BCUT2D eigenvalue weighted by atomic mass is 9.68. The average molecular weight is 952 g/mol. The summed E-state index contributed by atoms with van der Waals surface area (Å²) in [6.07, 6.45) is 12.4. The topological polar surface area (TPSA) is 3.24 Å². The summed E-state index contributed by atoms with van der Waals surface area (Å²) in [5.41, 5.74) is 24.0. The predicted molar refractivity (Wildman–Crippen MR) is 314 cm³/mol. The molecule has 358 valence electrons. The lowest BCUT2D eigenvalue weighted by Crippen LogP contribution is -2.28. The van der Waals surface area contributed by atoms with Gasteiger partial charge in [-0.05, 0) is 150 Å². The fourth-order valence-corrected chi connectivity index (χ4v) is 13.0. The molecule has 0 fully saturated rings. The number of hydrogen-bond donors (Lipinski definition) is 0. The molecule has 3 aliphatic carbocycles. The highest BCUT2D eigenvalue weighted by molar-refractivity contribution is 6.07. The van der Waals surface area contributed by atoms with Gasteiger partial charge in [-0.2, -0.15) is 0 Å². The standard InChI is InChI=1S/C73H61N/c1-8-24-61-59-33-20-22-35-64(59)72(6,7)70(61)49(2)69-58-32-19-18-27-52(58)39-46-68(69)74(67-45-40-53(47-62(67)51-25-12-9-13-26-51)50-37-41-54(42-38-50)71(3,4)5)57-43-44-66-63(48-57)60-34-21-23-36-65(60)73(66,55-28-14-10-15-29-55)56-30-16-11-17-31-56/h1,9-39,41-44,46-48H,40,45H2,2-7H3/b61-24?,70-49-. The molecule has 0 atom stereocenters. The molecule has 0 bridgehead atoms. The van der Waals surface area contributed by atoms with Gasteiger partial charge in [-0.15, -0.1) is 6.42 Å². The second kappa shape index (κ2) is 18.2. The molecule has 12 rings (SSSR count). The van der Waals surface area contributed by atoms with Crippen molar-refractivity contribution in [2.75, 3.05) is 4.90 Å². The number of benzene rings is 9. The fraction of sp³-hybridized carbons (Fsp3) is 0.151. The number of nitrogens with zero attached hydrogens (tertiary/aromatic N) is 1. The second-order valence-corrected chi connectivity index (χ2v) is 21.9. The molecule has 9 aromatic carbocycles. The van der Waals surface area contributed by atoms with Crippen LogP contribution < -0.4 is 4.90 Å². The first kappa shape index (κ1) is 46.6. The van der Waals surface area contributed by atoms with E-state index in [2.05, 4.69) is 277 Å². The third-order valence-corrected chi connectivity index (χ3v) is 16.3. The highest BCUT2D eigenvalue weighted by Gasteiger charge is 2.46. The number of fused-ring (bicyclic) bond motifs is 5. The number of terminal acetylenes is 1. The molecule has 0 N–H and O–H groups in total. The summed E-state index contributed by atoms with van der Waals surface area (Å²) in [7, 11) is 0. The minimum Gasteiger partial charge on any atom is -0.313 e. The van der Waals surface area contributed by atoms with Crippen LogP contribution in [0.4, 0.5) is 11.4 Å². The van der Waals surface area contributed by atoms with Gasteiger partial charge in [-0.3, -0.25) is 0 Å². The molecule has 1 heteroatoms. The number of allylic oxidation sites excluding steroid dienone is 8. The van der Waals surface area contributed by atoms with Crippen LogP contribution in [0, 0.1) is 12.3 Å². The molecule has 74 heavy (non-hydrogen) atoms. The number of anilines is 2. The highest BCUT2D eigenvalue weighted by atomic mass is 15.2. The van der Waals surface area contributed by atoms with E-state index in [1.807, 2.05) is 6.08 Å². The molecule has 0 saturated carbocycles.